The zero-order valence-corrected chi connectivity index (χ0v) is 13.9. The summed E-state index contributed by atoms with van der Waals surface area (Å²) in [6.07, 6.45) is 3.33. The molecule has 0 saturated carbocycles. The molecule has 3 aromatic rings. The fraction of sp³-hybridized carbons (Fsp3) is 0.0556. The number of benzene rings is 2. The van der Waals surface area contributed by atoms with Gasteiger partial charge in [0.25, 0.3) is 5.91 Å². The summed E-state index contributed by atoms with van der Waals surface area (Å²) >= 11 is 0. The SMILES string of the molecule is NC(=O)c1ccc[n+](CC(=O)c2cccc3ccccc23)c1.[Br-]. The van der Waals surface area contributed by atoms with E-state index in [2.05, 4.69) is 0 Å². The van der Waals surface area contributed by atoms with Gasteiger partial charge in [-0.05, 0) is 16.8 Å². The summed E-state index contributed by atoms with van der Waals surface area (Å²) < 4.78 is 1.67. The number of aromatic nitrogens is 1. The lowest BCUT2D eigenvalue weighted by atomic mass is 10.0. The molecule has 0 aliphatic heterocycles. The van der Waals surface area contributed by atoms with Crippen molar-refractivity contribution < 1.29 is 31.1 Å². The summed E-state index contributed by atoms with van der Waals surface area (Å²) in [5, 5.41) is 1.96. The molecule has 23 heavy (non-hydrogen) atoms. The van der Waals surface area contributed by atoms with E-state index < -0.39 is 5.91 Å². The number of hydrogen-bond donors (Lipinski definition) is 1. The maximum Gasteiger partial charge on any atom is 0.254 e. The molecule has 3 rings (SSSR count). The number of rotatable bonds is 4. The number of nitrogens with zero attached hydrogens (tertiary/aromatic N) is 1. The van der Waals surface area contributed by atoms with Crippen LogP contribution < -0.4 is 27.3 Å². The summed E-state index contributed by atoms with van der Waals surface area (Å²) in [4.78, 5) is 23.8. The van der Waals surface area contributed by atoms with E-state index in [1.807, 2.05) is 42.5 Å². The number of carbonyl (C=O) groups excluding carboxylic acids is 2. The lowest BCUT2D eigenvalue weighted by Gasteiger charge is -2.04. The van der Waals surface area contributed by atoms with Crippen molar-refractivity contribution in [2.24, 2.45) is 5.73 Å². The first kappa shape index (κ1) is 16.8. The highest BCUT2D eigenvalue weighted by molar-refractivity contribution is 6.07. The second-order valence-corrected chi connectivity index (χ2v) is 5.08. The third-order valence-corrected chi connectivity index (χ3v) is 3.56. The standard InChI is InChI=1S/C18H14N2O2.BrH/c19-18(22)14-7-4-10-20(11-14)12-17(21)16-9-3-6-13-5-1-2-8-15(13)16;/h1-11H,12H2,(H-,19,22);1H. The molecule has 0 atom stereocenters. The van der Waals surface area contributed by atoms with E-state index in [4.69, 9.17) is 5.73 Å². The number of carbonyl (C=O) groups is 2. The van der Waals surface area contributed by atoms with Gasteiger partial charge in [-0.15, -0.1) is 0 Å². The first-order chi connectivity index (χ1) is 10.6. The molecule has 0 bridgehead atoms. The normalized spacial score (nSPS) is 10.1. The molecule has 4 nitrogen and oxygen atoms in total. The van der Waals surface area contributed by atoms with Crippen molar-refractivity contribution in [1.29, 1.82) is 0 Å². The molecule has 0 fully saturated rings. The largest absolute Gasteiger partial charge is 1.00 e. The van der Waals surface area contributed by atoms with Crippen molar-refractivity contribution in [3.8, 4) is 0 Å². The number of fused-ring (bicyclic) bond motifs is 1. The summed E-state index contributed by atoms with van der Waals surface area (Å²) in [5.41, 5.74) is 6.32. The lowest BCUT2D eigenvalue weighted by molar-refractivity contribution is -0.683. The van der Waals surface area contributed by atoms with E-state index in [-0.39, 0.29) is 29.3 Å². The van der Waals surface area contributed by atoms with E-state index in [0.29, 0.717) is 11.1 Å². The third-order valence-electron chi connectivity index (χ3n) is 3.56. The van der Waals surface area contributed by atoms with Crippen LogP contribution in [0.1, 0.15) is 20.7 Å². The quantitative estimate of drug-likeness (QED) is 0.478. The van der Waals surface area contributed by atoms with Gasteiger partial charge >= 0.3 is 0 Å². The van der Waals surface area contributed by atoms with Crippen LogP contribution in [-0.4, -0.2) is 11.7 Å². The predicted molar refractivity (Wildman–Crippen MR) is 83.4 cm³/mol. The van der Waals surface area contributed by atoms with Gasteiger partial charge in [0.1, 0.15) is 5.56 Å². The smallest absolute Gasteiger partial charge is 0.254 e. The minimum atomic E-state index is -0.507. The molecule has 5 heteroatoms. The van der Waals surface area contributed by atoms with E-state index in [0.717, 1.165) is 10.8 Å². The monoisotopic (exact) mass is 370 g/mol. The van der Waals surface area contributed by atoms with Crippen molar-refractivity contribution in [3.63, 3.8) is 0 Å². The molecule has 2 N–H and O–H groups in total. The van der Waals surface area contributed by atoms with Crippen LogP contribution in [0.3, 0.4) is 0 Å². The summed E-state index contributed by atoms with van der Waals surface area (Å²) in [6, 6.07) is 16.8. The van der Waals surface area contributed by atoms with Crippen LogP contribution in [0.5, 0.6) is 0 Å². The zero-order chi connectivity index (χ0) is 15.5. The van der Waals surface area contributed by atoms with Gasteiger partial charge in [0.15, 0.2) is 12.4 Å². The van der Waals surface area contributed by atoms with Gasteiger partial charge in [0, 0.05) is 11.6 Å². The average molecular weight is 371 g/mol. The van der Waals surface area contributed by atoms with Gasteiger partial charge in [-0.1, -0.05) is 42.5 Å². The molecule has 116 valence electrons. The maximum atomic E-state index is 12.6. The number of primary amides is 1. The first-order valence-electron chi connectivity index (χ1n) is 6.95. The predicted octanol–water partition coefficient (Wildman–Crippen LogP) is -0.887. The highest BCUT2D eigenvalue weighted by Gasteiger charge is 2.16. The average Bonchev–Trinajstić information content (AvgIpc) is 2.54. The fourth-order valence-electron chi connectivity index (χ4n) is 2.49. The van der Waals surface area contributed by atoms with Crippen molar-refractivity contribution in [1.82, 2.24) is 0 Å². The summed E-state index contributed by atoms with van der Waals surface area (Å²) in [6.45, 7) is 0.162. The molecular formula is C18H15BrN2O2. The molecule has 0 aliphatic rings. The number of nitrogens with two attached hydrogens (primary N) is 1. The molecule has 0 spiro atoms. The number of pyridine rings is 1. The lowest BCUT2D eigenvalue weighted by Crippen LogP contribution is -3.00. The van der Waals surface area contributed by atoms with Crippen LogP contribution >= 0.6 is 0 Å². The second-order valence-electron chi connectivity index (χ2n) is 5.08. The molecule has 0 radical (unpaired) electrons. The van der Waals surface area contributed by atoms with Crippen LogP contribution in [-0.2, 0) is 6.54 Å². The highest BCUT2D eigenvalue weighted by Crippen LogP contribution is 2.18. The number of ketones is 1. The van der Waals surface area contributed by atoms with Crippen molar-refractivity contribution in [2.45, 2.75) is 6.54 Å². The minimum Gasteiger partial charge on any atom is -1.00 e. The van der Waals surface area contributed by atoms with Gasteiger partial charge in [0.2, 0.25) is 12.3 Å². The Kier molecular flexibility index (Phi) is 5.24. The number of Topliss-reactive ketones (excluding diaryl/α,β-unsaturated/α-hetero) is 1. The van der Waals surface area contributed by atoms with Crippen molar-refractivity contribution in [2.75, 3.05) is 0 Å². The topological polar surface area (TPSA) is 64.0 Å². The van der Waals surface area contributed by atoms with Gasteiger partial charge < -0.3 is 22.7 Å². The van der Waals surface area contributed by atoms with E-state index in [1.165, 1.54) is 0 Å². The van der Waals surface area contributed by atoms with E-state index in [1.54, 1.807) is 29.1 Å². The molecule has 0 aliphatic carbocycles. The molecule has 2 aromatic carbocycles. The van der Waals surface area contributed by atoms with Crippen LogP contribution in [0.15, 0.2) is 67.0 Å². The Labute approximate surface area is 144 Å². The molecular weight excluding hydrogens is 356 g/mol. The first-order valence-corrected chi connectivity index (χ1v) is 6.95. The number of halogens is 1. The fourth-order valence-corrected chi connectivity index (χ4v) is 2.49. The Bertz CT molecular complexity index is 872. The Balaban J connectivity index is 0.00000192. The Hall–Kier alpha value is -2.53. The Morgan fingerprint density at radius 1 is 0.957 bits per heavy atom. The van der Waals surface area contributed by atoms with E-state index >= 15 is 0 Å². The highest BCUT2D eigenvalue weighted by atomic mass is 79.9. The van der Waals surface area contributed by atoms with Crippen molar-refractivity contribution in [3.05, 3.63) is 78.1 Å². The van der Waals surface area contributed by atoms with Gasteiger partial charge in [0.05, 0.1) is 0 Å². The maximum absolute atomic E-state index is 12.6. The molecule has 1 heterocycles. The molecule has 1 aromatic heterocycles. The van der Waals surface area contributed by atoms with Gasteiger partial charge in [-0.3, -0.25) is 9.59 Å². The Morgan fingerprint density at radius 2 is 1.70 bits per heavy atom. The van der Waals surface area contributed by atoms with Gasteiger partial charge in [-0.2, -0.15) is 4.57 Å². The van der Waals surface area contributed by atoms with Crippen LogP contribution in [0, 0.1) is 0 Å². The Morgan fingerprint density at radius 3 is 2.48 bits per heavy atom. The van der Waals surface area contributed by atoms with Crippen molar-refractivity contribution >= 4 is 22.5 Å². The summed E-state index contributed by atoms with van der Waals surface area (Å²) in [5.74, 6) is -0.518. The second kappa shape index (κ2) is 7.15. The van der Waals surface area contributed by atoms with E-state index in [9.17, 15) is 9.59 Å². The molecule has 0 unspecified atom stereocenters. The van der Waals surface area contributed by atoms with Crippen LogP contribution in [0.25, 0.3) is 10.8 Å². The van der Waals surface area contributed by atoms with Gasteiger partial charge in [-0.25, -0.2) is 0 Å². The minimum absolute atomic E-state index is 0. The summed E-state index contributed by atoms with van der Waals surface area (Å²) in [7, 11) is 0. The van der Waals surface area contributed by atoms with Crippen LogP contribution in [0.4, 0.5) is 0 Å². The molecule has 0 saturated heterocycles. The number of amides is 1. The third kappa shape index (κ3) is 3.63. The van der Waals surface area contributed by atoms with Crippen LogP contribution in [0.2, 0.25) is 0 Å². The molecule has 1 amide bonds. The number of hydrogen-bond acceptors (Lipinski definition) is 2. The zero-order valence-electron chi connectivity index (χ0n) is 12.3.